The fraction of sp³-hybridized carbons (Fsp3) is 0.714. The van der Waals surface area contributed by atoms with Crippen molar-refractivity contribution in [2.45, 2.75) is 26.4 Å². The summed E-state index contributed by atoms with van der Waals surface area (Å²) in [5.74, 6) is 0. The Kier molecular flexibility index (Phi) is 4.67. The second-order valence-electron chi connectivity index (χ2n) is 1.78. The summed E-state index contributed by atoms with van der Waals surface area (Å²) in [5, 5.41) is 0. The molecule has 1 atom stereocenters. The van der Waals surface area contributed by atoms with E-state index < -0.39 is 0 Å². The zero-order chi connectivity index (χ0) is 6.41. The van der Waals surface area contributed by atoms with Crippen molar-refractivity contribution in [3.8, 4) is 0 Å². The topological polar surface area (TPSA) is 9.23 Å². The van der Waals surface area contributed by atoms with Crippen LogP contribution in [-0.4, -0.2) is 13.2 Å². The van der Waals surface area contributed by atoms with Gasteiger partial charge in [-0.1, -0.05) is 19.1 Å². The smallest absolute Gasteiger partial charge is 0.0723 e. The molecular formula is C7H14O. The van der Waals surface area contributed by atoms with Gasteiger partial charge in [0.2, 0.25) is 0 Å². The molecule has 0 radical (unpaired) electrons. The van der Waals surface area contributed by atoms with Crippen LogP contribution in [0.15, 0.2) is 12.2 Å². The van der Waals surface area contributed by atoms with Crippen LogP contribution >= 0.6 is 0 Å². The Labute approximate surface area is 51.4 Å². The fourth-order valence-electron chi connectivity index (χ4n) is 0.406. The summed E-state index contributed by atoms with van der Waals surface area (Å²) >= 11 is 0. The van der Waals surface area contributed by atoms with Gasteiger partial charge in [-0.3, -0.25) is 0 Å². The quantitative estimate of drug-likeness (QED) is 0.510. The molecule has 0 heterocycles. The maximum Gasteiger partial charge on any atom is 0.0723 e. The first-order valence-corrected chi connectivity index (χ1v) is 3.00. The van der Waals surface area contributed by atoms with Gasteiger partial charge in [-0.25, -0.2) is 0 Å². The van der Waals surface area contributed by atoms with Crippen LogP contribution in [0.5, 0.6) is 0 Å². The van der Waals surface area contributed by atoms with Gasteiger partial charge in [0.25, 0.3) is 0 Å². The molecule has 0 aliphatic heterocycles. The van der Waals surface area contributed by atoms with Crippen LogP contribution < -0.4 is 0 Å². The standard InChI is InChI=1S/C7H14O/c1-4-5-6-7(2)8-3/h5-7H,4H2,1-3H3. The third-order valence-electron chi connectivity index (χ3n) is 1.01. The molecule has 0 aliphatic carbocycles. The van der Waals surface area contributed by atoms with Gasteiger partial charge in [0.1, 0.15) is 0 Å². The molecule has 1 nitrogen and oxygen atoms in total. The zero-order valence-electron chi connectivity index (χ0n) is 5.85. The van der Waals surface area contributed by atoms with E-state index in [1.807, 2.05) is 6.92 Å². The first-order valence-electron chi connectivity index (χ1n) is 3.00. The molecule has 0 amide bonds. The van der Waals surface area contributed by atoms with Gasteiger partial charge in [-0.2, -0.15) is 0 Å². The molecule has 1 unspecified atom stereocenters. The Balaban J connectivity index is 3.21. The van der Waals surface area contributed by atoms with Gasteiger partial charge in [0.05, 0.1) is 6.10 Å². The zero-order valence-corrected chi connectivity index (χ0v) is 5.85. The lowest BCUT2D eigenvalue weighted by Crippen LogP contribution is -1.97. The average Bonchev–Trinajstić information content (AvgIpc) is 1.83. The summed E-state index contributed by atoms with van der Waals surface area (Å²) in [5.41, 5.74) is 0. The number of hydrogen-bond acceptors (Lipinski definition) is 1. The summed E-state index contributed by atoms with van der Waals surface area (Å²) in [4.78, 5) is 0. The van der Waals surface area contributed by atoms with Gasteiger partial charge in [-0.05, 0) is 13.3 Å². The molecule has 0 saturated heterocycles. The van der Waals surface area contributed by atoms with Gasteiger partial charge in [0.15, 0.2) is 0 Å². The molecule has 0 rings (SSSR count). The molecule has 0 saturated carbocycles. The van der Waals surface area contributed by atoms with Crippen molar-refractivity contribution in [3.63, 3.8) is 0 Å². The summed E-state index contributed by atoms with van der Waals surface area (Å²) in [6.07, 6.45) is 5.52. The largest absolute Gasteiger partial charge is 0.378 e. The number of methoxy groups -OCH3 is 1. The molecule has 8 heavy (non-hydrogen) atoms. The van der Waals surface area contributed by atoms with E-state index in [-0.39, 0.29) is 6.10 Å². The molecule has 0 aliphatic rings. The van der Waals surface area contributed by atoms with E-state index in [1.54, 1.807) is 7.11 Å². The Bertz CT molecular complexity index is 66.8. The first kappa shape index (κ1) is 7.70. The van der Waals surface area contributed by atoms with E-state index in [1.165, 1.54) is 0 Å². The Morgan fingerprint density at radius 1 is 1.62 bits per heavy atom. The fourth-order valence-corrected chi connectivity index (χ4v) is 0.406. The maximum absolute atomic E-state index is 4.97. The van der Waals surface area contributed by atoms with Crippen LogP contribution in [0.1, 0.15) is 20.3 Å². The van der Waals surface area contributed by atoms with Crippen LogP contribution in [0.3, 0.4) is 0 Å². The van der Waals surface area contributed by atoms with Crippen molar-refractivity contribution in [1.82, 2.24) is 0 Å². The molecule has 0 bridgehead atoms. The second kappa shape index (κ2) is 4.85. The molecule has 48 valence electrons. The average molecular weight is 114 g/mol. The predicted octanol–water partition coefficient (Wildman–Crippen LogP) is 1.99. The predicted molar refractivity (Wildman–Crippen MR) is 35.9 cm³/mol. The minimum atomic E-state index is 0.273. The van der Waals surface area contributed by atoms with Crippen LogP contribution in [0.4, 0.5) is 0 Å². The van der Waals surface area contributed by atoms with Crippen molar-refractivity contribution in [1.29, 1.82) is 0 Å². The molecule has 0 aromatic carbocycles. The third-order valence-corrected chi connectivity index (χ3v) is 1.01. The maximum atomic E-state index is 4.97. The summed E-state index contributed by atoms with van der Waals surface area (Å²) in [6.45, 7) is 4.13. The van der Waals surface area contributed by atoms with Gasteiger partial charge in [-0.15, -0.1) is 0 Å². The number of ether oxygens (including phenoxy) is 1. The number of rotatable bonds is 3. The summed E-state index contributed by atoms with van der Waals surface area (Å²) in [7, 11) is 1.71. The van der Waals surface area contributed by atoms with E-state index in [0.717, 1.165) is 6.42 Å². The van der Waals surface area contributed by atoms with Gasteiger partial charge < -0.3 is 4.74 Å². The monoisotopic (exact) mass is 114 g/mol. The van der Waals surface area contributed by atoms with E-state index >= 15 is 0 Å². The molecule has 0 spiro atoms. The molecule has 0 fully saturated rings. The highest BCUT2D eigenvalue weighted by molar-refractivity contribution is 4.85. The van der Waals surface area contributed by atoms with Crippen LogP contribution in [0, 0.1) is 0 Å². The highest BCUT2D eigenvalue weighted by atomic mass is 16.5. The highest BCUT2D eigenvalue weighted by Crippen LogP contribution is 1.90. The first-order chi connectivity index (χ1) is 3.81. The highest BCUT2D eigenvalue weighted by Gasteiger charge is 1.86. The molecule has 0 N–H and O–H groups in total. The SMILES string of the molecule is CCC=CC(C)OC. The van der Waals surface area contributed by atoms with E-state index in [4.69, 9.17) is 4.74 Å². The minimum Gasteiger partial charge on any atom is -0.378 e. The van der Waals surface area contributed by atoms with Crippen molar-refractivity contribution in [2.75, 3.05) is 7.11 Å². The Morgan fingerprint density at radius 2 is 2.25 bits per heavy atom. The second-order valence-corrected chi connectivity index (χ2v) is 1.78. The summed E-state index contributed by atoms with van der Waals surface area (Å²) in [6, 6.07) is 0. The van der Waals surface area contributed by atoms with Crippen LogP contribution in [0.2, 0.25) is 0 Å². The summed E-state index contributed by atoms with van der Waals surface area (Å²) < 4.78 is 4.97. The Morgan fingerprint density at radius 3 is 2.62 bits per heavy atom. The minimum absolute atomic E-state index is 0.273. The van der Waals surface area contributed by atoms with Crippen molar-refractivity contribution < 1.29 is 4.74 Å². The molecule has 1 heteroatoms. The normalized spacial score (nSPS) is 14.9. The Hall–Kier alpha value is -0.300. The van der Waals surface area contributed by atoms with Crippen molar-refractivity contribution in [3.05, 3.63) is 12.2 Å². The van der Waals surface area contributed by atoms with Crippen LogP contribution in [0.25, 0.3) is 0 Å². The number of hydrogen-bond donors (Lipinski definition) is 0. The lowest BCUT2D eigenvalue weighted by Gasteiger charge is -1.99. The molecular weight excluding hydrogens is 100 g/mol. The van der Waals surface area contributed by atoms with E-state index in [0.29, 0.717) is 0 Å². The molecule has 0 aromatic heterocycles. The third kappa shape index (κ3) is 3.88. The van der Waals surface area contributed by atoms with Gasteiger partial charge in [0, 0.05) is 7.11 Å². The van der Waals surface area contributed by atoms with Crippen LogP contribution in [-0.2, 0) is 4.74 Å². The van der Waals surface area contributed by atoms with Crippen molar-refractivity contribution in [2.24, 2.45) is 0 Å². The van der Waals surface area contributed by atoms with E-state index in [2.05, 4.69) is 19.1 Å². The van der Waals surface area contributed by atoms with Gasteiger partial charge >= 0.3 is 0 Å². The van der Waals surface area contributed by atoms with Crippen molar-refractivity contribution >= 4 is 0 Å². The number of allylic oxidation sites excluding steroid dienone is 1. The lowest BCUT2D eigenvalue weighted by atomic mass is 10.3. The van der Waals surface area contributed by atoms with E-state index in [9.17, 15) is 0 Å². The molecule has 0 aromatic rings. The lowest BCUT2D eigenvalue weighted by molar-refractivity contribution is 0.156.